The number of likely N-dealkylation sites (tertiary alicyclic amines) is 1. The van der Waals surface area contributed by atoms with Gasteiger partial charge in [0.15, 0.2) is 15.7 Å². The minimum atomic E-state index is -2.92. The number of hydrogen-bond donors (Lipinski definition) is 1. The normalized spacial score (nSPS) is 27.6. The third kappa shape index (κ3) is 6.88. The Labute approximate surface area is 321 Å². The number of sulfone groups is 1. The Morgan fingerprint density at radius 3 is 2.60 bits per heavy atom. The first-order valence-electron chi connectivity index (χ1n) is 19.8. The van der Waals surface area contributed by atoms with Gasteiger partial charge in [0, 0.05) is 54.3 Å². The van der Waals surface area contributed by atoms with Crippen LogP contribution in [-0.2, 0) is 14.6 Å². The summed E-state index contributed by atoms with van der Waals surface area (Å²) in [4.78, 5) is 18.8. The van der Waals surface area contributed by atoms with Gasteiger partial charge in [-0.05, 0) is 86.9 Å². The highest BCUT2D eigenvalue weighted by Gasteiger charge is 2.53. The molecule has 0 radical (unpaired) electrons. The number of hydrogen-bond acceptors (Lipinski definition) is 10. The summed E-state index contributed by atoms with van der Waals surface area (Å²) in [5.41, 5.74) is -0.125. The highest BCUT2D eigenvalue weighted by Crippen LogP contribution is 2.52. The zero-order valence-electron chi connectivity index (χ0n) is 31.6. The van der Waals surface area contributed by atoms with Gasteiger partial charge < -0.3 is 19.5 Å². The minimum absolute atomic E-state index is 0.00788. The molecule has 13 heteroatoms. The molecular formula is C42H49F2N5O5S. The first-order valence-corrected chi connectivity index (χ1v) is 21.7. The molecule has 2 aromatic heterocycles. The molecule has 4 atom stereocenters. The molecule has 9 rings (SSSR count). The van der Waals surface area contributed by atoms with Crippen molar-refractivity contribution in [3.8, 4) is 35.4 Å². The molecule has 5 aliphatic rings. The molecule has 5 heterocycles. The van der Waals surface area contributed by atoms with Crippen LogP contribution in [-0.4, -0.2) is 96.4 Å². The van der Waals surface area contributed by atoms with Gasteiger partial charge in [0.05, 0.1) is 35.7 Å². The van der Waals surface area contributed by atoms with Crippen LogP contribution < -0.4 is 9.64 Å². The second-order valence-electron chi connectivity index (χ2n) is 15.7. The predicted molar refractivity (Wildman–Crippen MR) is 209 cm³/mol. The Hall–Kier alpha value is -4.12. The number of terminal acetylenes is 1. The second kappa shape index (κ2) is 15.1. The number of piperidine rings is 1. The van der Waals surface area contributed by atoms with Gasteiger partial charge in [-0.1, -0.05) is 32.3 Å². The van der Waals surface area contributed by atoms with Crippen LogP contribution in [0.1, 0.15) is 70.8 Å². The summed E-state index contributed by atoms with van der Waals surface area (Å²) in [6.45, 7) is 7.67. The van der Waals surface area contributed by atoms with Gasteiger partial charge in [0.1, 0.15) is 28.6 Å². The lowest BCUT2D eigenvalue weighted by Crippen LogP contribution is -2.55. The summed E-state index contributed by atoms with van der Waals surface area (Å²) in [5, 5.41) is 11.8. The Morgan fingerprint density at radius 1 is 1.04 bits per heavy atom. The lowest BCUT2D eigenvalue weighted by molar-refractivity contribution is -0.0223. The number of phenolic OH excluding ortho intramolecular Hbond substituents is 1. The lowest BCUT2D eigenvalue weighted by Gasteiger charge is -2.48. The molecule has 4 unspecified atom stereocenters. The SMILES string of the molecule is C#Cc1c(F)ccc2cc(O)cc(-c3ncc4c(N5CCCOCC5)nc(OCC56CCCC5N(C5CC7CS(=O)(=O)CC7C5)CCC6)nc4c3F)c12.CC. The summed E-state index contributed by atoms with van der Waals surface area (Å²) in [6.07, 6.45) is 15.1. The number of pyridine rings is 1. The predicted octanol–water partition coefficient (Wildman–Crippen LogP) is 6.90. The molecule has 292 valence electrons. The molecule has 0 spiro atoms. The molecular weight excluding hydrogens is 725 g/mol. The average molecular weight is 774 g/mol. The van der Waals surface area contributed by atoms with Crippen LogP contribution in [0.2, 0.25) is 0 Å². The summed E-state index contributed by atoms with van der Waals surface area (Å²) in [6, 6.07) is 6.29. The van der Waals surface area contributed by atoms with Crippen molar-refractivity contribution < 1.29 is 31.8 Å². The van der Waals surface area contributed by atoms with Crippen LogP contribution in [0.15, 0.2) is 30.5 Å². The van der Waals surface area contributed by atoms with Crippen molar-refractivity contribution >= 4 is 37.3 Å². The number of aromatic nitrogens is 3. The van der Waals surface area contributed by atoms with Crippen molar-refractivity contribution in [2.45, 2.75) is 77.3 Å². The third-order valence-electron chi connectivity index (χ3n) is 12.7. The molecule has 55 heavy (non-hydrogen) atoms. The van der Waals surface area contributed by atoms with E-state index in [1.54, 1.807) is 0 Å². The van der Waals surface area contributed by atoms with Crippen molar-refractivity contribution in [3.05, 3.63) is 47.7 Å². The number of aromatic hydroxyl groups is 1. The molecule has 1 N–H and O–H groups in total. The number of nitrogens with zero attached hydrogens (tertiary/aromatic N) is 5. The van der Waals surface area contributed by atoms with E-state index in [1.807, 2.05) is 13.8 Å². The fourth-order valence-corrected chi connectivity index (χ4v) is 12.6. The second-order valence-corrected chi connectivity index (χ2v) is 17.9. The van der Waals surface area contributed by atoms with Crippen LogP contribution in [0, 0.1) is 41.2 Å². The highest BCUT2D eigenvalue weighted by atomic mass is 32.2. The topological polar surface area (TPSA) is 118 Å². The van der Waals surface area contributed by atoms with Crippen LogP contribution in [0.5, 0.6) is 11.8 Å². The number of anilines is 1. The maximum atomic E-state index is 17.0. The monoisotopic (exact) mass is 773 g/mol. The zero-order valence-corrected chi connectivity index (χ0v) is 32.4. The van der Waals surface area contributed by atoms with E-state index in [2.05, 4.69) is 20.7 Å². The Balaban J connectivity index is 0.00000210. The molecule has 0 amide bonds. The van der Waals surface area contributed by atoms with Crippen LogP contribution in [0.25, 0.3) is 32.9 Å². The molecule has 5 fully saturated rings. The number of halogens is 2. The largest absolute Gasteiger partial charge is 0.508 e. The smallest absolute Gasteiger partial charge is 0.319 e. The van der Waals surface area contributed by atoms with Crippen molar-refractivity contribution in [1.82, 2.24) is 19.9 Å². The number of benzene rings is 2. The number of ether oxygens (including phenoxy) is 2. The maximum absolute atomic E-state index is 17.0. The Morgan fingerprint density at radius 2 is 1.82 bits per heavy atom. The van der Waals surface area contributed by atoms with E-state index in [0.717, 1.165) is 57.9 Å². The van der Waals surface area contributed by atoms with E-state index >= 15 is 4.39 Å². The molecule has 2 aliphatic carbocycles. The van der Waals surface area contributed by atoms with Gasteiger partial charge in [-0.2, -0.15) is 9.97 Å². The summed E-state index contributed by atoms with van der Waals surface area (Å²) >= 11 is 0. The number of rotatable bonds is 6. The van der Waals surface area contributed by atoms with E-state index in [-0.39, 0.29) is 56.7 Å². The van der Waals surface area contributed by atoms with Gasteiger partial charge in [0.2, 0.25) is 0 Å². The first-order chi connectivity index (χ1) is 26.6. The van der Waals surface area contributed by atoms with E-state index in [0.29, 0.717) is 73.1 Å². The standard InChI is InChI=1S/C40H43F2N5O5S.C2H6/c1-2-29-32(41)8-7-24-18-28(48)19-30(34(24)29)36-35(42)37-31(20-43-36)38(46-11-5-14-51-15-13-46)45-39(44-37)52-23-40-9-3-6-33(40)47(12-4-10-40)27-16-25-21-53(49,50)22-26(25)17-27;1-2/h1,7-8,18-20,25-27,33,48H,3-6,9-17,21-23H2;1-2H3. The molecule has 3 saturated heterocycles. The molecule has 2 saturated carbocycles. The highest BCUT2D eigenvalue weighted by molar-refractivity contribution is 7.91. The fraction of sp³-hybridized carbons (Fsp3) is 0.548. The molecule has 0 bridgehead atoms. The molecule has 4 aromatic rings. The quantitative estimate of drug-likeness (QED) is 0.208. The Kier molecular flexibility index (Phi) is 10.4. The first kappa shape index (κ1) is 37.8. The van der Waals surface area contributed by atoms with Gasteiger partial charge in [-0.25, -0.2) is 17.2 Å². The van der Waals surface area contributed by atoms with E-state index in [4.69, 9.17) is 25.9 Å². The summed E-state index contributed by atoms with van der Waals surface area (Å²) in [7, 11) is -2.92. The van der Waals surface area contributed by atoms with E-state index < -0.39 is 21.5 Å². The van der Waals surface area contributed by atoms with Crippen molar-refractivity contribution in [3.63, 3.8) is 0 Å². The third-order valence-corrected chi connectivity index (χ3v) is 14.5. The van der Waals surface area contributed by atoms with Gasteiger partial charge in [-0.3, -0.25) is 9.88 Å². The number of fused-ring (bicyclic) bond motifs is 4. The molecule has 2 aromatic carbocycles. The maximum Gasteiger partial charge on any atom is 0.319 e. The van der Waals surface area contributed by atoms with Gasteiger partial charge in [0.25, 0.3) is 0 Å². The number of phenols is 1. The summed E-state index contributed by atoms with van der Waals surface area (Å²) in [5.74, 6) is 2.54. The van der Waals surface area contributed by atoms with Gasteiger partial charge in [-0.15, -0.1) is 6.42 Å². The van der Waals surface area contributed by atoms with Crippen molar-refractivity contribution in [2.75, 3.05) is 55.9 Å². The fourth-order valence-electron chi connectivity index (χ4n) is 10.4. The molecule has 3 aliphatic heterocycles. The Bertz CT molecular complexity index is 2240. The molecule has 10 nitrogen and oxygen atoms in total. The van der Waals surface area contributed by atoms with Crippen LogP contribution >= 0.6 is 0 Å². The minimum Gasteiger partial charge on any atom is -0.508 e. The zero-order chi connectivity index (χ0) is 38.5. The van der Waals surface area contributed by atoms with Crippen LogP contribution in [0.4, 0.5) is 14.6 Å². The van der Waals surface area contributed by atoms with Crippen molar-refractivity contribution in [1.29, 1.82) is 0 Å². The van der Waals surface area contributed by atoms with E-state index in [9.17, 15) is 17.9 Å². The van der Waals surface area contributed by atoms with Crippen LogP contribution in [0.3, 0.4) is 0 Å². The lowest BCUT2D eigenvalue weighted by atomic mass is 9.75. The summed E-state index contributed by atoms with van der Waals surface area (Å²) < 4.78 is 68.9. The van der Waals surface area contributed by atoms with Crippen molar-refractivity contribution in [2.24, 2.45) is 17.3 Å². The van der Waals surface area contributed by atoms with E-state index in [1.165, 1.54) is 30.5 Å². The van der Waals surface area contributed by atoms with Gasteiger partial charge >= 0.3 is 6.01 Å². The average Bonchev–Trinajstić information content (AvgIpc) is 3.78.